The Kier molecular flexibility index (Phi) is 9.46. The van der Waals surface area contributed by atoms with Crippen LogP contribution in [0, 0.1) is 11.8 Å². The maximum Gasteiger partial charge on any atom is 0.303 e. The van der Waals surface area contributed by atoms with Crippen LogP contribution in [0.3, 0.4) is 0 Å². The van der Waals surface area contributed by atoms with Gasteiger partial charge in [-0.1, -0.05) is 43.6 Å². The Labute approximate surface area is 154 Å². The summed E-state index contributed by atoms with van der Waals surface area (Å²) in [7, 11) is 0. The molecule has 0 saturated carbocycles. The average molecular weight is 368 g/mol. The quantitative estimate of drug-likeness (QED) is 0.354. The van der Waals surface area contributed by atoms with E-state index in [-0.39, 0.29) is 30.5 Å². The highest BCUT2D eigenvalue weighted by Gasteiger charge is 2.33. The van der Waals surface area contributed by atoms with Crippen LogP contribution in [0.2, 0.25) is 0 Å². The van der Waals surface area contributed by atoms with Crippen molar-refractivity contribution < 1.29 is 23.5 Å². The molecule has 146 valence electrons. The number of rotatable bonds is 12. The molecular weight excluding hydrogens is 338 g/mol. The van der Waals surface area contributed by atoms with Crippen molar-refractivity contribution in [3.63, 3.8) is 0 Å². The fraction of sp³-hybridized carbons (Fsp3) is 0.619. The lowest BCUT2D eigenvalue weighted by Gasteiger charge is -2.17. The lowest BCUT2D eigenvalue weighted by atomic mass is 9.87. The molecule has 3 nitrogen and oxygen atoms in total. The molecule has 0 bridgehead atoms. The first kappa shape index (κ1) is 22.3. The number of carboxylic acids is 1. The zero-order valence-corrected chi connectivity index (χ0v) is 15.7. The molecule has 0 aromatic heterocycles. The molecule has 2 atom stereocenters. The minimum Gasteiger partial charge on any atom is -0.481 e. The van der Waals surface area contributed by atoms with Gasteiger partial charge in [-0.05, 0) is 44.8 Å². The molecule has 1 aliphatic rings. The number of alkyl halides is 2. The Morgan fingerprint density at radius 2 is 2.00 bits per heavy atom. The predicted octanol–water partition coefficient (Wildman–Crippen LogP) is 5.72. The second kappa shape index (κ2) is 11.0. The maximum absolute atomic E-state index is 14.0. The van der Waals surface area contributed by atoms with Crippen LogP contribution in [0.25, 0.3) is 0 Å². The van der Waals surface area contributed by atoms with Crippen molar-refractivity contribution in [3.05, 3.63) is 36.0 Å². The van der Waals surface area contributed by atoms with Gasteiger partial charge in [-0.3, -0.25) is 9.59 Å². The second-order valence-electron chi connectivity index (χ2n) is 6.99. The van der Waals surface area contributed by atoms with Gasteiger partial charge in [0, 0.05) is 24.7 Å². The third kappa shape index (κ3) is 8.07. The number of unbranched alkanes of at least 4 members (excludes halogenated alkanes) is 3. The minimum absolute atomic E-state index is 0.0263. The Bertz CT molecular complexity index is 562. The molecule has 0 radical (unpaired) electrons. The third-order valence-corrected chi connectivity index (χ3v) is 4.67. The summed E-state index contributed by atoms with van der Waals surface area (Å²) in [5.41, 5.74) is 0.819. The fourth-order valence-electron chi connectivity index (χ4n) is 3.14. The predicted molar refractivity (Wildman–Crippen MR) is 99.2 cm³/mol. The van der Waals surface area contributed by atoms with E-state index < -0.39 is 11.9 Å². The molecule has 1 rings (SSSR count). The zero-order valence-electron chi connectivity index (χ0n) is 15.7. The van der Waals surface area contributed by atoms with E-state index in [1.54, 1.807) is 13.0 Å². The monoisotopic (exact) mass is 368 g/mol. The van der Waals surface area contributed by atoms with Gasteiger partial charge in [-0.15, -0.1) is 0 Å². The molecule has 0 aromatic carbocycles. The van der Waals surface area contributed by atoms with Gasteiger partial charge in [0.1, 0.15) is 0 Å². The van der Waals surface area contributed by atoms with Gasteiger partial charge in [0.25, 0.3) is 5.92 Å². The SMILES string of the molecule is CCCCCC(F)(F)/C=C/[C@H]1C(C)=CC(=O)[C@@H]1C/C=C\CCCC(=O)O. The van der Waals surface area contributed by atoms with Crippen LogP contribution >= 0.6 is 0 Å². The van der Waals surface area contributed by atoms with Crippen molar-refractivity contribution in [2.45, 2.75) is 71.1 Å². The van der Waals surface area contributed by atoms with Gasteiger partial charge in [0.05, 0.1) is 0 Å². The van der Waals surface area contributed by atoms with E-state index in [1.165, 1.54) is 6.08 Å². The van der Waals surface area contributed by atoms with Gasteiger partial charge < -0.3 is 5.11 Å². The van der Waals surface area contributed by atoms with Crippen molar-refractivity contribution in [1.29, 1.82) is 0 Å². The Morgan fingerprint density at radius 1 is 1.27 bits per heavy atom. The highest BCUT2D eigenvalue weighted by atomic mass is 19.3. The van der Waals surface area contributed by atoms with Crippen molar-refractivity contribution in [1.82, 2.24) is 0 Å². The van der Waals surface area contributed by atoms with Crippen molar-refractivity contribution in [3.8, 4) is 0 Å². The van der Waals surface area contributed by atoms with Crippen LogP contribution in [0.1, 0.15) is 65.2 Å². The van der Waals surface area contributed by atoms with Crippen LogP contribution < -0.4 is 0 Å². The van der Waals surface area contributed by atoms with Crippen LogP contribution in [-0.4, -0.2) is 22.8 Å². The second-order valence-corrected chi connectivity index (χ2v) is 6.99. The number of carbonyl (C=O) groups excluding carboxylic acids is 1. The number of hydrogen-bond acceptors (Lipinski definition) is 2. The first-order valence-corrected chi connectivity index (χ1v) is 9.43. The molecule has 26 heavy (non-hydrogen) atoms. The summed E-state index contributed by atoms with van der Waals surface area (Å²) in [6.45, 7) is 3.78. The normalized spacial score (nSPS) is 21.1. The maximum atomic E-state index is 14.0. The number of allylic oxidation sites excluding steroid dienone is 6. The summed E-state index contributed by atoms with van der Waals surface area (Å²) in [6.07, 6.45) is 11.5. The van der Waals surface area contributed by atoms with Gasteiger partial charge in [-0.25, -0.2) is 8.78 Å². The van der Waals surface area contributed by atoms with E-state index >= 15 is 0 Å². The number of hydrogen-bond donors (Lipinski definition) is 1. The lowest BCUT2D eigenvalue weighted by molar-refractivity contribution is -0.137. The molecule has 1 aliphatic carbocycles. The van der Waals surface area contributed by atoms with E-state index in [1.807, 2.05) is 19.1 Å². The molecule has 0 aliphatic heterocycles. The van der Waals surface area contributed by atoms with E-state index in [0.717, 1.165) is 24.5 Å². The summed E-state index contributed by atoms with van der Waals surface area (Å²) < 4.78 is 27.9. The number of ketones is 1. The van der Waals surface area contributed by atoms with Gasteiger partial charge in [0.2, 0.25) is 0 Å². The molecule has 0 heterocycles. The molecule has 1 N–H and O–H groups in total. The largest absolute Gasteiger partial charge is 0.481 e. The van der Waals surface area contributed by atoms with E-state index in [4.69, 9.17) is 5.11 Å². The summed E-state index contributed by atoms with van der Waals surface area (Å²) in [5.74, 6) is -4.31. The topological polar surface area (TPSA) is 54.4 Å². The first-order chi connectivity index (χ1) is 12.3. The Balaban J connectivity index is 2.59. The summed E-state index contributed by atoms with van der Waals surface area (Å²) >= 11 is 0. The van der Waals surface area contributed by atoms with E-state index in [2.05, 4.69) is 0 Å². The highest BCUT2D eigenvalue weighted by molar-refractivity contribution is 5.96. The van der Waals surface area contributed by atoms with Gasteiger partial charge in [0.15, 0.2) is 5.78 Å². The van der Waals surface area contributed by atoms with Crippen molar-refractivity contribution in [2.24, 2.45) is 11.8 Å². The van der Waals surface area contributed by atoms with Crippen LogP contribution in [0.5, 0.6) is 0 Å². The van der Waals surface area contributed by atoms with Crippen molar-refractivity contribution >= 4 is 11.8 Å². The number of carboxylic acid groups (broad SMARTS) is 1. The molecular formula is C21H30F2O3. The van der Waals surface area contributed by atoms with Crippen LogP contribution in [0.4, 0.5) is 8.78 Å². The minimum atomic E-state index is -2.84. The molecule has 5 heteroatoms. The van der Waals surface area contributed by atoms with Gasteiger partial charge >= 0.3 is 5.97 Å². The molecule has 0 amide bonds. The van der Waals surface area contributed by atoms with Gasteiger partial charge in [-0.2, -0.15) is 0 Å². The highest BCUT2D eigenvalue weighted by Crippen LogP contribution is 2.34. The number of carbonyl (C=O) groups is 2. The Morgan fingerprint density at radius 3 is 2.65 bits per heavy atom. The third-order valence-electron chi connectivity index (χ3n) is 4.67. The molecule has 0 unspecified atom stereocenters. The molecule has 0 saturated heterocycles. The number of aliphatic carboxylic acids is 1. The van der Waals surface area contributed by atoms with Crippen molar-refractivity contribution in [2.75, 3.05) is 0 Å². The summed E-state index contributed by atoms with van der Waals surface area (Å²) in [5, 5.41) is 8.59. The summed E-state index contributed by atoms with van der Waals surface area (Å²) in [6, 6.07) is 0. The fourth-order valence-corrected chi connectivity index (χ4v) is 3.14. The number of halogens is 2. The van der Waals surface area contributed by atoms with E-state index in [9.17, 15) is 18.4 Å². The summed E-state index contributed by atoms with van der Waals surface area (Å²) in [4.78, 5) is 22.6. The lowest BCUT2D eigenvalue weighted by Crippen LogP contribution is -2.17. The first-order valence-electron chi connectivity index (χ1n) is 9.43. The smallest absolute Gasteiger partial charge is 0.303 e. The average Bonchev–Trinajstić information content (AvgIpc) is 2.82. The van der Waals surface area contributed by atoms with Crippen LogP contribution in [-0.2, 0) is 9.59 Å². The van der Waals surface area contributed by atoms with E-state index in [0.29, 0.717) is 25.7 Å². The molecule has 0 aromatic rings. The van der Waals surface area contributed by atoms with Crippen LogP contribution in [0.15, 0.2) is 36.0 Å². The zero-order chi connectivity index (χ0) is 19.6. The molecule has 0 spiro atoms. The standard InChI is InChI=1S/C21H30F2O3/c1-3-4-9-13-21(22,23)14-12-17-16(2)15-19(24)18(17)10-7-5-6-8-11-20(25)26/h5,7,12,14-15,17-18H,3-4,6,8-11,13H2,1-2H3,(H,25,26)/b7-5-,14-12+/t17-,18+/m0/s1. The Hall–Kier alpha value is -1.78. The molecule has 0 fully saturated rings.